The van der Waals surface area contributed by atoms with E-state index in [-0.39, 0.29) is 0 Å². The van der Waals surface area contributed by atoms with Crippen LogP contribution in [0.15, 0.2) is 12.5 Å². The molecule has 0 aromatic carbocycles. The molecule has 0 atom stereocenters. The van der Waals surface area contributed by atoms with E-state index in [0.29, 0.717) is 6.54 Å². The van der Waals surface area contributed by atoms with Gasteiger partial charge in [0.15, 0.2) is 0 Å². The molecule has 2 rings (SSSR count). The van der Waals surface area contributed by atoms with Gasteiger partial charge in [0.2, 0.25) is 0 Å². The number of likely N-dealkylation sites (N-methyl/N-ethyl adjacent to an activating group) is 1. The number of aromatic nitrogens is 2. The standard InChI is InChI=1S/C11H21N5/c1-14-4-6-15(7-5-14)8-11-9-16(3-2-12)10-13-11/h9-10H,2-8,12H2,1H3. The highest BCUT2D eigenvalue weighted by Gasteiger charge is 2.14. The minimum Gasteiger partial charge on any atom is -0.336 e. The Labute approximate surface area is 96.8 Å². The second-order valence-corrected chi connectivity index (χ2v) is 4.47. The van der Waals surface area contributed by atoms with Crippen LogP contribution in [0, 0.1) is 0 Å². The minimum atomic E-state index is 0.671. The van der Waals surface area contributed by atoms with Gasteiger partial charge in [-0.15, -0.1) is 0 Å². The molecule has 0 unspecified atom stereocenters. The van der Waals surface area contributed by atoms with Crippen molar-refractivity contribution in [3.05, 3.63) is 18.2 Å². The highest BCUT2D eigenvalue weighted by atomic mass is 15.2. The predicted octanol–water partition coefficient (Wildman–Crippen LogP) is -0.411. The Kier molecular flexibility index (Phi) is 3.93. The molecule has 2 heterocycles. The molecule has 5 nitrogen and oxygen atoms in total. The van der Waals surface area contributed by atoms with Gasteiger partial charge in [-0.25, -0.2) is 4.98 Å². The summed E-state index contributed by atoms with van der Waals surface area (Å²) in [7, 11) is 2.17. The first-order valence-corrected chi connectivity index (χ1v) is 5.89. The molecule has 0 amide bonds. The molecule has 0 saturated carbocycles. The van der Waals surface area contributed by atoms with Crippen molar-refractivity contribution in [3.8, 4) is 0 Å². The van der Waals surface area contributed by atoms with Crippen LogP contribution in [-0.2, 0) is 13.1 Å². The van der Waals surface area contributed by atoms with Crippen molar-refractivity contribution in [2.24, 2.45) is 5.73 Å². The van der Waals surface area contributed by atoms with Gasteiger partial charge in [-0.1, -0.05) is 0 Å². The number of rotatable bonds is 4. The van der Waals surface area contributed by atoms with Crippen LogP contribution >= 0.6 is 0 Å². The van der Waals surface area contributed by atoms with E-state index < -0.39 is 0 Å². The fourth-order valence-corrected chi connectivity index (χ4v) is 1.99. The first-order valence-electron chi connectivity index (χ1n) is 5.89. The normalized spacial score (nSPS) is 19.1. The third-order valence-electron chi connectivity index (χ3n) is 3.06. The first kappa shape index (κ1) is 11.6. The van der Waals surface area contributed by atoms with Crippen LogP contribution in [-0.4, -0.2) is 59.1 Å². The average molecular weight is 223 g/mol. The van der Waals surface area contributed by atoms with E-state index in [1.54, 1.807) is 0 Å². The summed E-state index contributed by atoms with van der Waals surface area (Å²) >= 11 is 0. The molecule has 5 heteroatoms. The zero-order valence-corrected chi connectivity index (χ0v) is 9.97. The van der Waals surface area contributed by atoms with E-state index in [1.165, 1.54) is 0 Å². The summed E-state index contributed by atoms with van der Waals surface area (Å²) < 4.78 is 2.06. The molecule has 2 N–H and O–H groups in total. The molecule has 1 saturated heterocycles. The zero-order chi connectivity index (χ0) is 11.4. The molecule has 0 aliphatic carbocycles. The minimum absolute atomic E-state index is 0.671. The number of hydrogen-bond acceptors (Lipinski definition) is 4. The topological polar surface area (TPSA) is 50.3 Å². The molecular formula is C11H21N5. The zero-order valence-electron chi connectivity index (χ0n) is 9.97. The summed E-state index contributed by atoms with van der Waals surface area (Å²) in [6.45, 7) is 7.08. The maximum Gasteiger partial charge on any atom is 0.0950 e. The predicted molar refractivity (Wildman–Crippen MR) is 64.1 cm³/mol. The number of hydrogen-bond donors (Lipinski definition) is 1. The highest BCUT2D eigenvalue weighted by Crippen LogP contribution is 2.05. The van der Waals surface area contributed by atoms with Crippen molar-refractivity contribution < 1.29 is 0 Å². The monoisotopic (exact) mass is 223 g/mol. The van der Waals surface area contributed by atoms with Crippen LogP contribution in [0.4, 0.5) is 0 Å². The molecule has 0 bridgehead atoms. The number of nitrogens with two attached hydrogens (primary N) is 1. The summed E-state index contributed by atoms with van der Waals surface area (Å²) in [4.78, 5) is 9.22. The second kappa shape index (κ2) is 5.43. The fourth-order valence-electron chi connectivity index (χ4n) is 1.99. The molecule has 16 heavy (non-hydrogen) atoms. The van der Waals surface area contributed by atoms with Crippen molar-refractivity contribution in [2.45, 2.75) is 13.1 Å². The third kappa shape index (κ3) is 3.04. The van der Waals surface area contributed by atoms with Crippen LogP contribution in [0.5, 0.6) is 0 Å². The molecule has 90 valence electrons. The van der Waals surface area contributed by atoms with Gasteiger partial charge in [-0.2, -0.15) is 0 Å². The summed E-state index contributed by atoms with van der Waals surface area (Å²) in [6.07, 6.45) is 3.98. The number of imidazole rings is 1. The first-order chi connectivity index (χ1) is 7.78. The van der Waals surface area contributed by atoms with Gasteiger partial charge in [-0.3, -0.25) is 4.90 Å². The lowest BCUT2D eigenvalue weighted by atomic mass is 10.3. The Hall–Kier alpha value is -0.910. The molecule has 0 radical (unpaired) electrons. The molecule has 1 aromatic rings. The van der Waals surface area contributed by atoms with Gasteiger partial charge >= 0.3 is 0 Å². The van der Waals surface area contributed by atoms with Crippen molar-refractivity contribution in [2.75, 3.05) is 39.8 Å². The summed E-state index contributed by atoms with van der Waals surface area (Å²) in [5.74, 6) is 0. The van der Waals surface area contributed by atoms with Gasteiger partial charge < -0.3 is 15.2 Å². The Bertz CT molecular complexity index is 314. The van der Waals surface area contributed by atoms with E-state index in [9.17, 15) is 0 Å². The van der Waals surface area contributed by atoms with E-state index in [2.05, 4.69) is 32.6 Å². The number of piperazine rings is 1. The van der Waals surface area contributed by atoms with Gasteiger partial charge in [-0.05, 0) is 7.05 Å². The lowest BCUT2D eigenvalue weighted by Gasteiger charge is -2.31. The van der Waals surface area contributed by atoms with Gasteiger partial charge in [0.25, 0.3) is 0 Å². The lowest BCUT2D eigenvalue weighted by Crippen LogP contribution is -2.43. The molecule has 1 aliphatic heterocycles. The smallest absolute Gasteiger partial charge is 0.0950 e. The lowest BCUT2D eigenvalue weighted by molar-refractivity contribution is 0.147. The Morgan fingerprint density at radius 1 is 1.31 bits per heavy atom. The van der Waals surface area contributed by atoms with E-state index in [0.717, 1.165) is 45.0 Å². The molecule has 1 aliphatic rings. The molecule has 1 aromatic heterocycles. The SMILES string of the molecule is CN1CCN(Cc2cn(CCN)cn2)CC1. The summed E-state index contributed by atoms with van der Waals surface area (Å²) in [5, 5.41) is 0. The third-order valence-corrected chi connectivity index (χ3v) is 3.06. The van der Waals surface area contributed by atoms with Crippen LogP contribution in [0.1, 0.15) is 5.69 Å². The van der Waals surface area contributed by atoms with E-state index in [1.807, 2.05) is 6.33 Å². The molecule has 0 spiro atoms. The average Bonchev–Trinajstić information content (AvgIpc) is 2.70. The Morgan fingerprint density at radius 2 is 2.06 bits per heavy atom. The highest BCUT2D eigenvalue weighted by molar-refractivity contribution is 4.97. The second-order valence-electron chi connectivity index (χ2n) is 4.47. The van der Waals surface area contributed by atoms with Crippen LogP contribution in [0.3, 0.4) is 0 Å². The summed E-state index contributed by atoms with van der Waals surface area (Å²) in [6, 6.07) is 0. The Balaban J connectivity index is 1.83. The van der Waals surface area contributed by atoms with Gasteiger partial charge in [0.05, 0.1) is 12.0 Å². The van der Waals surface area contributed by atoms with Crippen molar-refractivity contribution in [1.82, 2.24) is 19.4 Å². The summed E-state index contributed by atoms with van der Waals surface area (Å²) in [5.41, 5.74) is 6.66. The Morgan fingerprint density at radius 3 is 2.75 bits per heavy atom. The molecular weight excluding hydrogens is 202 g/mol. The van der Waals surface area contributed by atoms with Crippen LogP contribution in [0.25, 0.3) is 0 Å². The van der Waals surface area contributed by atoms with E-state index >= 15 is 0 Å². The van der Waals surface area contributed by atoms with Gasteiger partial charge in [0.1, 0.15) is 0 Å². The van der Waals surface area contributed by atoms with Crippen molar-refractivity contribution in [3.63, 3.8) is 0 Å². The molecule has 1 fully saturated rings. The maximum atomic E-state index is 5.50. The van der Waals surface area contributed by atoms with Crippen molar-refractivity contribution in [1.29, 1.82) is 0 Å². The largest absolute Gasteiger partial charge is 0.336 e. The van der Waals surface area contributed by atoms with Gasteiger partial charge in [0, 0.05) is 52.0 Å². The van der Waals surface area contributed by atoms with E-state index in [4.69, 9.17) is 5.73 Å². The van der Waals surface area contributed by atoms with Crippen LogP contribution in [0.2, 0.25) is 0 Å². The number of nitrogens with zero attached hydrogens (tertiary/aromatic N) is 4. The fraction of sp³-hybridized carbons (Fsp3) is 0.727. The quantitative estimate of drug-likeness (QED) is 0.754. The van der Waals surface area contributed by atoms with Crippen molar-refractivity contribution >= 4 is 0 Å². The van der Waals surface area contributed by atoms with Crippen LogP contribution < -0.4 is 5.73 Å². The maximum absolute atomic E-state index is 5.50.